The molecule has 0 aromatic carbocycles. The third-order valence-electron chi connectivity index (χ3n) is 3.88. The first-order chi connectivity index (χ1) is 8.67. The molecule has 0 aliphatic heterocycles. The normalized spacial score (nSPS) is 19.4. The molecular formula is C14H25NO4. The van der Waals surface area contributed by atoms with Crippen molar-refractivity contribution in [3.05, 3.63) is 0 Å². The van der Waals surface area contributed by atoms with Gasteiger partial charge in [0.05, 0.1) is 11.5 Å². The van der Waals surface area contributed by atoms with Gasteiger partial charge in [0.2, 0.25) is 5.91 Å². The first-order valence-electron chi connectivity index (χ1n) is 6.85. The topological polar surface area (TPSA) is 86.6 Å². The summed E-state index contributed by atoms with van der Waals surface area (Å²) in [5.41, 5.74) is -1.03. The van der Waals surface area contributed by atoms with Crippen molar-refractivity contribution in [3.63, 3.8) is 0 Å². The number of nitrogens with one attached hydrogen (secondary N) is 1. The Morgan fingerprint density at radius 1 is 1.37 bits per heavy atom. The van der Waals surface area contributed by atoms with Crippen LogP contribution in [0.15, 0.2) is 0 Å². The molecule has 19 heavy (non-hydrogen) atoms. The first-order valence-corrected chi connectivity index (χ1v) is 6.85. The minimum atomic E-state index is -0.864. The molecule has 0 spiro atoms. The average Bonchev–Trinajstić information content (AvgIpc) is 2.18. The van der Waals surface area contributed by atoms with Gasteiger partial charge in [0.1, 0.15) is 0 Å². The Labute approximate surface area is 114 Å². The Hall–Kier alpha value is -1.10. The smallest absolute Gasteiger partial charge is 0.310 e. The van der Waals surface area contributed by atoms with E-state index in [0.717, 1.165) is 6.42 Å². The fourth-order valence-corrected chi connectivity index (χ4v) is 2.65. The monoisotopic (exact) mass is 271 g/mol. The Kier molecular flexibility index (Phi) is 4.96. The predicted molar refractivity (Wildman–Crippen MR) is 71.6 cm³/mol. The quantitative estimate of drug-likeness (QED) is 0.655. The van der Waals surface area contributed by atoms with Crippen LogP contribution in [0, 0.1) is 10.8 Å². The van der Waals surface area contributed by atoms with Crippen LogP contribution in [0.25, 0.3) is 0 Å². The molecule has 0 heterocycles. The molecule has 1 saturated carbocycles. The molecule has 0 saturated heterocycles. The van der Waals surface area contributed by atoms with E-state index in [-0.39, 0.29) is 17.7 Å². The zero-order chi connectivity index (χ0) is 14.7. The number of carbonyl (C=O) groups excluding carboxylic acids is 1. The highest BCUT2D eigenvalue weighted by Gasteiger charge is 2.45. The van der Waals surface area contributed by atoms with E-state index in [0.29, 0.717) is 25.8 Å². The molecule has 1 fully saturated rings. The molecule has 1 aliphatic rings. The van der Waals surface area contributed by atoms with Gasteiger partial charge in [-0.1, -0.05) is 20.3 Å². The largest absolute Gasteiger partial charge is 0.481 e. The van der Waals surface area contributed by atoms with Crippen molar-refractivity contribution < 1.29 is 19.8 Å². The average molecular weight is 271 g/mol. The fourth-order valence-electron chi connectivity index (χ4n) is 2.65. The van der Waals surface area contributed by atoms with Crippen LogP contribution < -0.4 is 5.32 Å². The number of aliphatic carboxylic acids is 1. The number of carboxylic acids is 1. The molecule has 1 amide bonds. The molecule has 1 rings (SSSR count). The standard InChI is InChI=1S/C14H25NO4/c1-10(16)7-13(2,3)9-15-11(17)8-14(12(18)19)5-4-6-14/h10,16H,4-9H2,1-3H3,(H,15,17)(H,18,19). The number of aliphatic hydroxyl groups excluding tert-OH is 1. The summed E-state index contributed by atoms with van der Waals surface area (Å²) in [5, 5.41) is 21.3. The summed E-state index contributed by atoms with van der Waals surface area (Å²) in [4.78, 5) is 23.0. The zero-order valence-electron chi connectivity index (χ0n) is 12.0. The van der Waals surface area contributed by atoms with Gasteiger partial charge >= 0.3 is 5.97 Å². The summed E-state index contributed by atoms with van der Waals surface area (Å²) in [6, 6.07) is 0. The van der Waals surface area contributed by atoms with Crippen molar-refractivity contribution in [2.75, 3.05) is 6.54 Å². The summed E-state index contributed by atoms with van der Waals surface area (Å²) in [6.45, 7) is 6.11. The molecule has 110 valence electrons. The van der Waals surface area contributed by atoms with E-state index in [1.165, 1.54) is 0 Å². The highest BCUT2D eigenvalue weighted by Crippen LogP contribution is 2.44. The van der Waals surface area contributed by atoms with E-state index in [1.807, 2.05) is 13.8 Å². The molecule has 1 atom stereocenters. The van der Waals surface area contributed by atoms with E-state index in [2.05, 4.69) is 5.32 Å². The van der Waals surface area contributed by atoms with Crippen molar-refractivity contribution >= 4 is 11.9 Å². The van der Waals surface area contributed by atoms with Crippen LogP contribution in [0.2, 0.25) is 0 Å². The number of carbonyl (C=O) groups is 2. The van der Waals surface area contributed by atoms with Gasteiger partial charge in [0.15, 0.2) is 0 Å². The molecule has 0 aromatic rings. The lowest BCUT2D eigenvalue weighted by Gasteiger charge is -2.37. The van der Waals surface area contributed by atoms with Gasteiger partial charge in [-0.2, -0.15) is 0 Å². The second-order valence-electron chi connectivity index (χ2n) is 6.61. The summed E-state index contributed by atoms with van der Waals surface area (Å²) in [6.07, 6.45) is 2.31. The molecule has 1 unspecified atom stereocenters. The van der Waals surface area contributed by atoms with Crippen LogP contribution in [-0.4, -0.2) is 34.7 Å². The van der Waals surface area contributed by atoms with Crippen LogP contribution in [0.4, 0.5) is 0 Å². The van der Waals surface area contributed by atoms with Gasteiger partial charge in [-0.15, -0.1) is 0 Å². The second kappa shape index (κ2) is 5.90. The number of rotatable bonds is 7. The first kappa shape index (κ1) is 16.0. The predicted octanol–water partition coefficient (Wildman–Crippen LogP) is 1.54. The summed E-state index contributed by atoms with van der Waals surface area (Å²) in [7, 11) is 0. The molecule has 0 radical (unpaired) electrons. The highest BCUT2D eigenvalue weighted by atomic mass is 16.4. The number of aliphatic hydroxyl groups is 1. The molecule has 3 N–H and O–H groups in total. The summed E-state index contributed by atoms with van der Waals surface area (Å²) in [5.74, 6) is -1.07. The molecular weight excluding hydrogens is 246 g/mol. The lowest BCUT2D eigenvalue weighted by molar-refractivity contribution is -0.157. The van der Waals surface area contributed by atoms with Crippen molar-refractivity contribution in [1.29, 1.82) is 0 Å². The van der Waals surface area contributed by atoms with Crippen molar-refractivity contribution in [3.8, 4) is 0 Å². The number of carboxylic acid groups (broad SMARTS) is 1. The van der Waals surface area contributed by atoms with Gasteiger partial charge in [-0.05, 0) is 31.6 Å². The SMILES string of the molecule is CC(O)CC(C)(C)CNC(=O)CC1(C(=O)O)CCC1. The van der Waals surface area contributed by atoms with Gasteiger partial charge in [0, 0.05) is 13.0 Å². The molecule has 5 nitrogen and oxygen atoms in total. The van der Waals surface area contributed by atoms with Crippen LogP contribution in [-0.2, 0) is 9.59 Å². The minimum absolute atomic E-state index is 0.0626. The van der Waals surface area contributed by atoms with Crippen molar-refractivity contribution in [1.82, 2.24) is 5.32 Å². The Morgan fingerprint density at radius 3 is 2.32 bits per heavy atom. The lowest BCUT2D eigenvalue weighted by Crippen LogP contribution is -2.44. The van der Waals surface area contributed by atoms with Crippen LogP contribution >= 0.6 is 0 Å². The molecule has 5 heteroatoms. The van der Waals surface area contributed by atoms with Crippen LogP contribution in [0.5, 0.6) is 0 Å². The zero-order valence-corrected chi connectivity index (χ0v) is 12.0. The van der Waals surface area contributed by atoms with Gasteiger partial charge in [-0.25, -0.2) is 0 Å². The maximum absolute atomic E-state index is 11.9. The lowest BCUT2D eigenvalue weighted by atomic mass is 9.66. The molecule has 0 aromatic heterocycles. The molecule has 1 aliphatic carbocycles. The second-order valence-corrected chi connectivity index (χ2v) is 6.61. The Bertz CT molecular complexity index is 345. The van der Waals surface area contributed by atoms with Crippen LogP contribution in [0.1, 0.15) is 52.9 Å². The minimum Gasteiger partial charge on any atom is -0.481 e. The number of hydrogen-bond acceptors (Lipinski definition) is 3. The van der Waals surface area contributed by atoms with E-state index >= 15 is 0 Å². The van der Waals surface area contributed by atoms with Crippen LogP contribution in [0.3, 0.4) is 0 Å². The maximum atomic E-state index is 11.9. The van der Waals surface area contributed by atoms with E-state index in [4.69, 9.17) is 5.11 Å². The number of hydrogen-bond donors (Lipinski definition) is 3. The summed E-state index contributed by atoms with van der Waals surface area (Å²) >= 11 is 0. The third kappa shape index (κ3) is 4.49. The summed E-state index contributed by atoms with van der Waals surface area (Å²) < 4.78 is 0. The number of amides is 1. The van der Waals surface area contributed by atoms with E-state index in [1.54, 1.807) is 6.92 Å². The van der Waals surface area contributed by atoms with E-state index in [9.17, 15) is 14.7 Å². The van der Waals surface area contributed by atoms with Crippen molar-refractivity contribution in [2.45, 2.75) is 59.0 Å². The Morgan fingerprint density at radius 2 is 1.95 bits per heavy atom. The Balaban J connectivity index is 2.41. The third-order valence-corrected chi connectivity index (χ3v) is 3.88. The van der Waals surface area contributed by atoms with E-state index < -0.39 is 17.5 Å². The van der Waals surface area contributed by atoms with Crippen molar-refractivity contribution in [2.24, 2.45) is 10.8 Å². The van der Waals surface area contributed by atoms with Gasteiger partial charge in [-0.3, -0.25) is 9.59 Å². The van der Waals surface area contributed by atoms with Gasteiger partial charge < -0.3 is 15.5 Å². The maximum Gasteiger partial charge on any atom is 0.310 e. The fraction of sp³-hybridized carbons (Fsp3) is 0.857. The highest BCUT2D eigenvalue weighted by molar-refractivity contribution is 5.85. The van der Waals surface area contributed by atoms with Gasteiger partial charge in [0.25, 0.3) is 0 Å². The molecule has 0 bridgehead atoms.